The van der Waals surface area contributed by atoms with Crippen LogP contribution in [0.15, 0.2) is 39.5 Å². The molecule has 0 aliphatic carbocycles. The van der Waals surface area contributed by atoms with Crippen molar-refractivity contribution in [2.45, 2.75) is 13.0 Å². The number of amides is 1. The van der Waals surface area contributed by atoms with Crippen molar-refractivity contribution in [2.24, 2.45) is 0 Å². The normalized spacial score (nSPS) is 18.5. The molecule has 1 fully saturated rings. The molecular formula is C16H15N3O4. The predicted octanol–water partition coefficient (Wildman–Crippen LogP) is 2.34. The van der Waals surface area contributed by atoms with Gasteiger partial charge in [-0.15, -0.1) is 0 Å². The number of rotatable bonds is 2. The summed E-state index contributed by atoms with van der Waals surface area (Å²) in [6, 6.07) is 7.08. The van der Waals surface area contributed by atoms with Gasteiger partial charge in [-0.05, 0) is 13.0 Å². The number of fused-ring (bicyclic) bond motifs is 1. The lowest BCUT2D eigenvalue weighted by Crippen LogP contribution is -2.43. The molecule has 0 N–H and O–H groups in total. The number of carbonyl (C=O) groups is 1. The quantitative estimate of drug-likeness (QED) is 0.722. The second-order valence-electron chi connectivity index (χ2n) is 5.41. The fourth-order valence-corrected chi connectivity index (χ4v) is 2.80. The molecule has 1 atom stereocenters. The molecule has 7 nitrogen and oxygen atoms in total. The molecule has 2 aromatic heterocycles. The van der Waals surface area contributed by atoms with Gasteiger partial charge in [-0.1, -0.05) is 23.4 Å². The van der Waals surface area contributed by atoms with E-state index >= 15 is 0 Å². The second kappa shape index (κ2) is 5.51. The highest BCUT2D eigenvalue weighted by Crippen LogP contribution is 2.28. The zero-order valence-corrected chi connectivity index (χ0v) is 12.6. The third-order valence-electron chi connectivity index (χ3n) is 3.93. The lowest BCUT2D eigenvalue weighted by atomic mass is 10.1. The topological polar surface area (TPSA) is 81.6 Å². The predicted molar refractivity (Wildman–Crippen MR) is 79.8 cm³/mol. The monoisotopic (exact) mass is 313 g/mol. The zero-order valence-electron chi connectivity index (χ0n) is 12.6. The Morgan fingerprint density at radius 1 is 1.35 bits per heavy atom. The molecule has 0 bridgehead atoms. The molecule has 1 saturated heterocycles. The third kappa shape index (κ3) is 2.39. The van der Waals surface area contributed by atoms with E-state index in [2.05, 4.69) is 10.1 Å². The highest BCUT2D eigenvalue weighted by Gasteiger charge is 2.34. The van der Waals surface area contributed by atoms with Crippen LogP contribution in [0, 0.1) is 6.92 Å². The number of carbonyl (C=O) groups excluding carboxylic acids is 1. The van der Waals surface area contributed by atoms with Crippen molar-refractivity contribution in [3.8, 4) is 0 Å². The molecule has 1 amide bonds. The summed E-state index contributed by atoms with van der Waals surface area (Å²) in [6.07, 6.45) is 1.50. The van der Waals surface area contributed by atoms with Gasteiger partial charge in [0, 0.05) is 11.9 Å². The number of nitrogens with zero attached hydrogens (tertiary/aromatic N) is 3. The lowest BCUT2D eigenvalue weighted by Gasteiger charge is -2.33. The van der Waals surface area contributed by atoms with Gasteiger partial charge in [-0.2, -0.15) is 4.98 Å². The summed E-state index contributed by atoms with van der Waals surface area (Å²) in [4.78, 5) is 18.9. The first-order chi connectivity index (χ1) is 11.2. The Bertz CT molecular complexity index is 854. The van der Waals surface area contributed by atoms with E-state index in [1.54, 1.807) is 11.8 Å². The number of morpholine rings is 1. The highest BCUT2D eigenvalue weighted by molar-refractivity contribution is 6.06. The van der Waals surface area contributed by atoms with Crippen LogP contribution in [-0.2, 0) is 4.74 Å². The number of aryl methyl sites for hydroxylation is 1. The first-order valence-corrected chi connectivity index (χ1v) is 7.39. The summed E-state index contributed by atoms with van der Waals surface area (Å²) in [6.45, 7) is 3.02. The maximum Gasteiger partial charge on any atom is 0.258 e. The Labute approximate surface area is 131 Å². The Hall–Kier alpha value is -2.67. The van der Waals surface area contributed by atoms with Gasteiger partial charge in [0.15, 0.2) is 5.82 Å². The number of hydrogen-bond donors (Lipinski definition) is 0. The van der Waals surface area contributed by atoms with Crippen molar-refractivity contribution in [3.05, 3.63) is 47.8 Å². The van der Waals surface area contributed by atoms with E-state index in [0.29, 0.717) is 42.6 Å². The molecule has 0 saturated carbocycles. The summed E-state index contributed by atoms with van der Waals surface area (Å²) in [5.41, 5.74) is 1.22. The summed E-state index contributed by atoms with van der Waals surface area (Å²) in [7, 11) is 0. The Morgan fingerprint density at radius 3 is 3.04 bits per heavy atom. The average Bonchev–Trinajstić information content (AvgIpc) is 3.20. The van der Waals surface area contributed by atoms with Gasteiger partial charge >= 0.3 is 0 Å². The van der Waals surface area contributed by atoms with Crippen LogP contribution in [0.4, 0.5) is 0 Å². The van der Waals surface area contributed by atoms with Crippen molar-refractivity contribution in [1.29, 1.82) is 0 Å². The van der Waals surface area contributed by atoms with E-state index in [9.17, 15) is 4.79 Å². The summed E-state index contributed by atoms with van der Waals surface area (Å²) in [5, 5.41) is 4.60. The highest BCUT2D eigenvalue weighted by atomic mass is 16.5. The van der Waals surface area contributed by atoms with Crippen LogP contribution in [0.1, 0.15) is 28.1 Å². The van der Waals surface area contributed by atoms with Gasteiger partial charge in [-0.3, -0.25) is 4.79 Å². The molecule has 118 valence electrons. The van der Waals surface area contributed by atoms with Gasteiger partial charge in [0.25, 0.3) is 11.8 Å². The van der Waals surface area contributed by atoms with E-state index in [1.165, 1.54) is 6.26 Å². The van der Waals surface area contributed by atoms with Crippen LogP contribution >= 0.6 is 0 Å². The minimum Gasteiger partial charge on any atom is -0.463 e. The smallest absolute Gasteiger partial charge is 0.258 e. The van der Waals surface area contributed by atoms with Gasteiger partial charge in [-0.25, -0.2) is 0 Å². The van der Waals surface area contributed by atoms with Crippen LogP contribution in [0.2, 0.25) is 0 Å². The number of para-hydroxylation sites is 1. The molecule has 0 unspecified atom stereocenters. The Morgan fingerprint density at radius 2 is 2.22 bits per heavy atom. The molecule has 0 radical (unpaired) electrons. The third-order valence-corrected chi connectivity index (χ3v) is 3.93. The van der Waals surface area contributed by atoms with Gasteiger partial charge in [0.1, 0.15) is 17.9 Å². The molecular weight excluding hydrogens is 298 g/mol. The van der Waals surface area contributed by atoms with Crippen molar-refractivity contribution in [2.75, 3.05) is 19.8 Å². The Balaban J connectivity index is 1.70. The fourth-order valence-electron chi connectivity index (χ4n) is 2.80. The van der Waals surface area contributed by atoms with E-state index in [1.807, 2.05) is 24.3 Å². The second-order valence-corrected chi connectivity index (χ2v) is 5.41. The van der Waals surface area contributed by atoms with E-state index in [-0.39, 0.29) is 11.9 Å². The molecule has 1 aliphatic heterocycles. The number of hydrogen-bond acceptors (Lipinski definition) is 6. The van der Waals surface area contributed by atoms with Crippen molar-refractivity contribution in [3.63, 3.8) is 0 Å². The van der Waals surface area contributed by atoms with E-state index in [4.69, 9.17) is 13.7 Å². The van der Waals surface area contributed by atoms with Crippen LogP contribution in [-0.4, -0.2) is 40.7 Å². The molecule has 4 rings (SSSR count). The lowest BCUT2D eigenvalue weighted by molar-refractivity contribution is -0.0118. The fraction of sp³-hybridized carbons (Fsp3) is 0.312. The van der Waals surface area contributed by atoms with Crippen LogP contribution in [0.25, 0.3) is 11.0 Å². The first kappa shape index (κ1) is 14.0. The number of benzene rings is 1. The first-order valence-electron chi connectivity index (χ1n) is 7.39. The van der Waals surface area contributed by atoms with Crippen molar-refractivity contribution >= 4 is 16.9 Å². The largest absolute Gasteiger partial charge is 0.463 e. The SMILES string of the molecule is Cc1noc([C@H]2COCCN2C(=O)c2coc3ccccc23)n1. The molecule has 7 heteroatoms. The molecule has 1 aliphatic rings. The van der Waals surface area contributed by atoms with Gasteiger partial charge < -0.3 is 18.6 Å². The minimum absolute atomic E-state index is 0.126. The van der Waals surface area contributed by atoms with E-state index < -0.39 is 0 Å². The average molecular weight is 313 g/mol. The van der Waals surface area contributed by atoms with Crippen molar-refractivity contribution < 1.29 is 18.5 Å². The summed E-state index contributed by atoms with van der Waals surface area (Å²) >= 11 is 0. The van der Waals surface area contributed by atoms with Crippen LogP contribution < -0.4 is 0 Å². The Kier molecular flexibility index (Phi) is 3.34. The maximum absolute atomic E-state index is 13.0. The molecule has 1 aromatic carbocycles. The zero-order chi connectivity index (χ0) is 15.8. The molecule has 0 spiro atoms. The molecule has 3 heterocycles. The maximum atomic E-state index is 13.0. The minimum atomic E-state index is -0.383. The number of aromatic nitrogens is 2. The summed E-state index contributed by atoms with van der Waals surface area (Å²) in [5.74, 6) is 0.800. The standard InChI is InChI=1S/C16H15N3O4/c1-10-17-15(23-18-10)13-9-21-7-6-19(13)16(20)12-8-22-14-5-3-2-4-11(12)14/h2-5,8,13H,6-7,9H2,1H3/t13-/m1/s1. The number of ether oxygens (including phenoxy) is 1. The molecule has 3 aromatic rings. The van der Waals surface area contributed by atoms with Gasteiger partial charge in [0.05, 0.1) is 18.8 Å². The van der Waals surface area contributed by atoms with Gasteiger partial charge in [0.2, 0.25) is 0 Å². The van der Waals surface area contributed by atoms with Crippen LogP contribution in [0.5, 0.6) is 0 Å². The van der Waals surface area contributed by atoms with E-state index in [0.717, 1.165) is 5.39 Å². The van der Waals surface area contributed by atoms with Crippen LogP contribution in [0.3, 0.4) is 0 Å². The van der Waals surface area contributed by atoms with Crippen molar-refractivity contribution in [1.82, 2.24) is 15.0 Å². The molecule has 23 heavy (non-hydrogen) atoms. The number of furan rings is 1. The summed E-state index contributed by atoms with van der Waals surface area (Å²) < 4.78 is 16.2.